The van der Waals surface area contributed by atoms with E-state index in [0.717, 1.165) is 11.1 Å². The molecule has 0 saturated heterocycles. The van der Waals surface area contributed by atoms with Crippen LogP contribution in [0.5, 0.6) is 0 Å². The lowest BCUT2D eigenvalue weighted by atomic mass is 9.94. The molecule has 0 aromatic heterocycles. The molecule has 1 aliphatic rings. The van der Waals surface area contributed by atoms with Crippen molar-refractivity contribution in [2.45, 2.75) is 51.1 Å². The number of rotatable bonds is 8. The number of carbonyl (C=O) groups excluding carboxylic acids is 3. The van der Waals surface area contributed by atoms with Gasteiger partial charge in [-0.2, -0.15) is 0 Å². The van der Waals surface area contributed by atoms with Gasteiger partial charge in [-0.25, -0.2) is 4.39 Å². The highest BCUT2D eigenvalue weighted by Crippen LogP contribution is 2.18. The van der Waals surface area contributed by atoms with E-state index >= 15 is 0 Å². The van der Waals surface area contributed by atoms with E-state index in [4.69, 9.17) is 4.74 Å². The summed E-state index contributed by atoms with van der Waals surface area (Å²) in [7, 11) is 0. The minimum atomic E-state index is -0.611. The predicted molar refractivity (Wildman–Crippen MR) is 138 cm³/mol. The zero-order valence-corrected chi connectivity index (χ0v) is 21.1. The fourth-order valence-corrected chi connectivity index (χ4v) is 4.27. The summed E-state index contributed by atoms with van der Waals surface area (Å²) in [6, 6.07) is 14.7. The van der Waals surface area contributed by atoms with Gasteiger partial charge in [0.15, 0.2) is 0 Å². The standard InChI is InChI=1S/C29H35FN2O5/c1-20-19-37-29(36)24(15-22-11-13-25(30)14-12-22)10-6-5-9-23(28(35)31-20)17-27(34)32-26(18-33)16-21-7-3-2-4-8-21/h2-8,11-14,20,23-24,26,33H,9-10,15-19H2,1H3,(H,31,35)(H,32,34)/b6-5-/t20-,23+,24+,26+/m1/s1. The molecule has 0 unspecified atom stereocenters. The van der Waals surface area contributed by atoms with E-state index in [1.807, 2.05) is 42.5 Å². The Hall–Kier alpha value is -3.52. The van der Waals surface area contributed by atoms with Gasteiger partial charge in [-0.05, 0) is 55.9 Å². The lowest BCUT2D eigenvalue weighted by Gasteiger charge is -2.23. The number of hydrogen-bond acceptors (Lipinski definition) is 5. The van der Waals surface area contributed by atoms with Crippen molar-refractivity contribution in [3.63, 3.8) is 0 Å². The first-order chi connectivity index (χ1) is 17.8. The van der Waals surface area contributed by atoms with Crippen LogP contribution in [0.3, 0.4) is 0 Å². The van der Waals surface area contributed by atoms with Gasteiger partial charge in [-0.3, -0.25) is 14.4 Å². The van der Waals surface area contributed by atoms with Crippen molar-refractivity contribution >= 4 is 17.8 Å². The molecule has 1 heterocycles. The zero-order chi connectivity index (χ0) is 26.6. The van der Waals surface area contributed by atoms with Crippen LogP contribution >= 0.6 is 0 Å². The summed E-state index contributed by atoms with van der Waals surface area (Å²) in [5.74, 6) is -2.39. The molecular weight excluding hydrogens is 475 g/mol. The number of carbonyl (C=O) groups is 3. The molecule has 7 nitrogen and oxygen atoms in total. The molecule has 0 bridgehead atoms. The Morgan fingerprint density at radius 3 is 2.41 bits per heavy atom. The zero-order valence-electron chi connectivity index (χ0n) is 21.1. The number of amides is 2. The van der Waals surface area contributed by atoms with Gasteiger partial charge in [-0.1, -0.05) is 54.6 Å². The van der Waals surface area contributed by atoms with Crippen molar-refractivity contribution in [1.82, 2.24) is 10.6 Å². The van der Waals surface area contributed by atoms with Gasteiger partial charge in [0.05, 0.1) is 30.5 Å². The average molecular weight is 511 g/mol. The van der Waals surface area contributed by atoms with E-state index in [-0.39, 0.29) is 43.2 Å². The number of ether oxygens (including phenoxy) is 1. The second-order valence-corrected chi connectivity index (χ2v) is 9.55. The van der Waals surface area contributed by atoms with Gasteiger partial charge < -0.3 is 20.5 Å². The van der Waals surface area contributed by atoms with Crippen molar-refractivity contribution in [2.24, 2.45) is 11.8 Å². The molecule has 2 aromatic carbocycles. The smallest absolute Gasteiger partial charge is 0.309 e. The van der Waals surface area contributed by atoms with E-state index in [1.54, 1.807) is 19.1 Å². The Kier molecular flexibility index (Phi) is 10.8. The molecule has 0 radical (unpaired) electrons. The maximum atomic E-state index is 13.3. The van der Waals surface area contributed by atoms with Crippen molar-refractivity contribution in [3.05, 3.63) is 83.7 Å². The molecule has 37 heavy (non-hydrogen) atoms. The van der Waals surface area contributed by atoms with E-state index < -0.39 is 23.9 Å². The number of halogens is 1. The van der Waals surface area contributed by atoms with Gasteiger partial charge in [0, 0.05) is 6.42 Å². The van der Waals surface area contributed by atoms with Crippen molar-refractivity contribution in [1.29, 1.82) is 0 Å². The summed E-state index contributed by atoms with van der Waals surface area (Å²) >= 11 is 0. The molecule has 3 rings (SSSR count). The second kappa shape index (κ2) is 14.3. The molecule has 2 aromatic rings. The Morgan fingerprint density at radius 2 is 1.73 bits per heavy atom. The van der Waals surface area contributed by atoms with E-state index in [1.165, 1.54) is 12.1 Å². The quantitative estimate of drug-likeness (QED) is 0.374. The van der Waals surface area contributed by atoms with Crippen LogP contribution in [0.4, 0.5) is 4.39 Å². The molecule has 4 atom stereocenters. The fraction of sp³-hybridized carbons (Fsp3) is 0.414. The minimum Gasteiger partial charge on any atom is -0.463 e. The SMILES string of the molecule is C[C@@H]1COC(=O)[C@H](Cc2ccc(F)cc2)C/C=C\C[C@@H](CC(=O)N[C@H](CO)Cc2ccccc2)C(=O)N1. The van der Waals surface area contributed by atoms with Crippen LogP contribution in [0.15, 0.2) is 66.7 Å². The Balaban J connectivity index is 1.63. The molecule has 3 N–H and O–H groups in total. The topological polar surface area (TPSA) is 105 Å². The van der Waals surface area contributed by atoms with Gasteiger partial charge in [0.1, 0.15) is 12.4 Å². The highest BCUT2D eigenvalue weighted by molar-refractivity contribution is 5.86. The van der Waals surface area contributed by atoms with E-state index in [0.29, 0.717) is 25.7 Å². The predicted octanol–water partition coefficient (Wildman–Crippen LogP) is 3.11. The van der Waals surface area contributed by atoms with Crippen molar-refractivity contribution in [3.8, 4) is 0 Å². The Bertz CT molecular complexity index is 1060. The van der Waals surface area contributed by atoms with Crippen LogP contribution in [0.1, 0.15) is 37.3 Å². The van der Waals surface area contributed by atoms with E-state index in [9.17, 15) is 23.9 Å². The van der Waals surface area contributed by atoms with Crippen LogP contribution in [0.2, 0.25) is 0 Å². The van der Waals surface area contributed by atoms with Crippen LogP contribution in [-0.4, -0.2) is 48.2 Å². The van der Waals surface area contributed by atoms with Crippen molar-refractivity contribution in [2.75, 3.05) is 13.2 Å². The fourth-order valence-electron chi connectivity index (χ4n) is 4.27. The highest BCUT2D eigenvalue weighted by atomic mass is 19.1. The van der Waals surface area contributed by atoms with Crippen LogP contribution < -0.4 is 10.6 Å². The average Bonchev–Trinajstić information content (AvgIpc) is 2.89. The van der Waals surface area contributed by atoms with Gasteiger partial charge >= 0.3 is 5.97 Å². The van der Waals surface area contributed by atoms with Gasteiger partial charge in [-0.15, -0.1) is 0 Å². The minimum absolute atomic E-state index is 0.0107. The van der Waals surface area contributed by atoms with Gasteiger partial charge in [0.2, 0.25) is 11.8 Å². The van der Waals surface area contributed by atoms with Crippen LogP contribution in [-0.2, 0) is 32.0 Å². The molecule has 0 spiro atoms. The third-order valence-electron chi connectivity index (χ3n) is 6.31. The summed E-state index contributed by atoms with van der Waals surface area (Å²) in [6.45, 7) is 1.53. The third-order valence-corrected chi connectivity index (χ3v) is 6.31. The largest absolute Gasteiger partial charge is 0.463 e. The third kappa shape index (κ3) is 9.46. The van der Waals surface area contributed by atoms with Crippen molar-refractivity contribution < 1.29 is 28.6 Å². The Morgan fingerprint density at radius 1 is 1.05 bits per heavy atom. The molecular formula is C29H35FN2O5. The molecule has 1 aliphatic heterocycles. The number of benzene rings is 2. The summed E-state index contributed by atoms with van der Waals surface area (Å²) in [5, 5.41) is 15.4. The summed E-state index contributed by atoms with van der Waals surface area (Å²) in [6.07, 6.45) is 5.21. The highest BCUT2D eigenvalue weighted by Gasteiger charge is 2.26. The molecule has 2 amide bonds. The van der Waals surface area contributed by atoms with Crippen LogP contribution in [0, 0.1) is 17.7 Å². The van der Waals surface area contributed by atoms with E-state index in [2.05, 4.69) is 10.6 Å². The first-order valence-corrected chi connectivity index (χ1v) is 12.6. The number of allylic oxidation sites excluding steroid dienone is 2. The number of esters is 1. The normalized spacial score (nSPS) is 22.5. The number of hydrogen-bond donors (Lipinski definition) is 3. The number of aliphatic hydroxyl groups is 1. The van der Waals surface area contributed by atoms with Crippen LogP contribution in [0.25, 0.3) is 0 Å². The summed E-state index contributed by atoms with van der Waals surface area (Å²) < 4.78 is 18.7. The number of aliphatic hydroxyl groups excluding tert-OH is 1. The number of cyclic esters (lactones) is 1. The first-order valence-electron chi connectivity index (χ1n) is 12.6. The molecule has 8 heteroatoms. The molecule has 0 aliphatic carbocycles. The second-order valence-electron chi connectivity index (χ2n) is 9.55. The first kappa shape index (κ1) is 28.1. The molecule has 198 valence electrons. The number of nitrogens with one attached hydrogen (secondary N) is 2. The lowest BCUT2D eigenvalue weighted by molar-refractivity contribution is -0.149. The summed E-state index contributed by atoms with van der Waals surface area (Å²) in [4.78, 5) is 38.3. The molecule has 0 fully saturated rings. The summed E-state index contributed by atoms with van der Waals surface area (Å²) in [5.41, 5.74) is 1.82. The monoisotopic (exact) mass is 510 g/mol. The Labute approximate surface area is 217 Å². The maximum Gasteiger partial charge on any atom is 0.309 e. The lowest BCUT2D eigenvalue weighted by Crippen LogP contribution is -2.44. The molecule has 0 saturated carbocycles. The maximum absolute atomic E-state index is 13.3. The van der Waals surface area contributed by atoms with Gasteiger partial charge in [0.25, 0.3) is 0 Å².